The lowest BCUT2D eigenvalue weighted by molar-refractivity contribution is 0.130. The first-order chi connectivity index (χ1) is 9.04. The number of hydrogen-bond acceptors (Lipinski definition) is 5. The van der Waals surface area contributed by atoms with E-state index in [1.807, 2.05) is 24.4 Å². The van der Waals surface area contributed by atoms with Gasteiger partial charge in [-0.3, -0.25) is 10.3 Å². The minimum absolute atomic E-state index is 0.155. The predicted octanol–water partition coefficient (Wildman–Crippen LogP) is 3.47. The number of rotatable bonds is 3. The molecule has 0 spiro atoms. The second-order valence-corrected chi connectivity index (χ2v) is 5.19. The average molecular weight is 277 g/mol. The van der Waals surface area contributed by atoms with Gasteiger partial charge in [-0.1, -0.05) is 0 Å². The van der Waals surface area contributed by atoms with E-state index >= 15 is 0 Å². The molecule has 1 N–H and O–H groups in total. The van der Waals surface area contributed by atoms with E-state index in [1.165, 1.54) is 11.3 Å². The molecule has 0 saturated heterocycles. The van der Waals surface area contributed by atoms with Crippen molar-refractivity contribution in [3.8, 4) is 11.4 Å². The molecule has 1 amide bonds. The van der Waals surface area contributed by atoms with Crippen molar-refractivity contribution in [1.29, 1.82) is 0 Å². The number of amides is 1. The second-order valence-electron chi connectivity index (χ2n) is 4.34. The topological polar surface area (TPSA) is 64.1 Å². The standard InChI is InChI=1S/C13H15N3O2S/c1-8(2)18-13(17)16-12-15-11(7-19-12)10-6-9(3)4-5-14-10/h4-8H,1-3H3,(H,15,16,17). The van der Waals surface area contributed by atoms with Gasteiger partial charge in [0.1, 0.15) is 5.69 Å². The number of nitrogens with zero attached hydrogens (tertiary/aromatic N) is 2. The number of carbonyl (C=O) groups excluding carboxylic acids is 1. The van der Waals surface area contributed by atoms with E-state index in [0.717, 1.165) is 17.0 Å². The second kappa shape index (κ2) is 5.79. The van der Waals surface area contributed by atoms with Crippen LogP contribution in [0.3, 0.4) is 0 Å². The lowest BCUT2D eigenvalue weighted by atomic mass is 10.2. The Morgan fingerprint density at radius 3 is 2.89 bits per heavy atom. The van der Waals surface area contributed by atoms with E-state index in [0.29, 0.717) is 5.13 Å². The molecule has 0 radical (unpaired) electrons. The highest BCUT2D eigenvalue weighted by atomic mass is 32.1. The molecule has 100 valence electrons. The van der Waals surface area contributed by atoms with Crippen molar-refractivity contribution in [2.45, 2.75) is 26.9 Å². The molecule has 0 atom stereocenters. The van der Waals surface area contributed by atoms with Gasteiger partial charge < -0.3 is 4.74 Å². The zero-order chi connectivity index (χ0) is 13.8. The summed E-state index contributed by atoms with van der Waals surface area (Å²) in [6, 6.07) is 3.88. The minimum Gasteiger partial charge on any atom is -0.447 e. The van der Waals surface area contributed by atoms with Crippen LogP contribution in [0, 0.1) is 6.92 Å². The molecule has 0 saturated carbocycles. The highest BCUT2D eigenvalue weighted by Crippen LogP contribution is 2.23. The Labute approximate surface area is 115 Å². The maximum atomic E-state index is 11.4. The van der Waals surface area contributed by atoms with Crippen LogP contribution in [-0.4, -0.2) is 22.2 Å². The molecule has 2 aromatic rings. The summed E-state index contributed by atoms with van der Waals surface area (Å²) in [5.74, 6) is 0. The van der Waals surface area contributed by atoms with Crippen LogP contribution < -0.4 is 5.32 Å². The number of aromatic nitrogens is 2. The number of anilines is 1. The van der Waals surface area contributed by atoms with E-state index in [1.54, 1.807) is 20.0 Å². The summed E-state index contributed by atoms with van der Waals surface area (Å²) in [5.41, 5.74) is 2.65. The monoisotopic (exact) mass is 277 g/mol. The van der Waals surface area contributed by atoms with Crippen LogP contribution in [0.25, 0.3) is 11.4 Å². The number of carbonyl (C=O) groups is 1. The van der Waals surface area contributed by atoms with Crippen molar-refractivity contribution < 1.29 is 9.53 Å². The molecule has 5 nitrogen and oxygen atoms in total. The molecule has 6 heteroatoms. The molecule has 2 rings (SSSR count). The van der Waals surface area contributed by atoms with Gasteiger partial charge >= 0.3 is 6.09 Å². The molecule has 0 aliphatic rings. The Bertz CT molecular complexity index is 581. The van der Waals surface area contributed by atoms with Crippen LogP contribution in [0.15, 0.2) is 23.7 Å². The molecular formula is C13H15N3O2S. The number of pyridine rings is 1. The van der Waals surface area contributed by atoms with Crippen LogP contribution in [0.5, 0.6) is 0 Å². The molecule has 0 fully saturated rings. The van der Waals surface area contributed by atoms with Gasteiger partial charge in [0.15, 0.2) is 5.13 Å². The van der Waals surface area contributed by atoms with Crippen molar-refractivity contribution in [1.82, 2.24) is 9.97 Å². The van der Waals surface area contributed by atoms with Crippen LogP contribution in [0.4, 0.5) is 9.93 Å². The SMILES string of the molecule is Cc1ccnc(-c2csc(NC(=O)OC(C)C)n2)c1. The van der Waals surface area contributed by atoms with E-state index in [-0.39, 0.29) is 6.10 Å². The molecule has 0 aliphatic heterocycles. The van der Waals surface area contributed by atoms with Crippen LogP contribution in [0.2, 0.25) is 0 Å². The summed E-state index contributed by atoms with van der Waals surface area (Å²) in [4.78, 5) is 20.0. The summed E-state index contributed by atoms with van der Waals surface area (Å²) in [6.07, 6.45) is 1.09. The third-order valence-electron chi connectivity index (χ3n) is 2.23. The van der Waals surface area contributed by atoms with Crippen molar-refractivity contribution in [3.63, 3.8) is 0 Å². The van der Waals surface area contributed by atoms with Crippen LogP contribution in [0.1, 0.15) is 19.4 Å². The first kappa shape index (κ1) is 13.5. The third kappa shape index (κ3) is 3.75. The normalized spacial score (nSPS) is 10.5. The summed E-state index contributed by atoms with van der Waals surface area (Å²) in [5, 5.41) is 4.95. The quantitative estimate of drug-likeness (QED) is 0.933. The van der Waals surface area contributed by atoms with Crippen molar-refractivity contribution >= 4 is 22.6 Å². The van der Waals surface area contributed by atoms with E-state index in [9.17, 15) is 4.79 Å². The molecule has 0 aliphatic carbocycles. The predicted molar refractivity (Wildman–Crippen MR) is 75.3 cm³/mol. The Balaban J connectivity index is 2.09. The first-order valence-corrected chi connectivity index (χ1v) is 6.79. The van der Waals surface area contributed by atoms with Crippen LogP contribution >= 0.6 is 11.3 Å². The van der Waals surface area contributed by atoms with Gasteiger partial charge in [-0.25, -0.2) is 9.78 Å². The fraction of sp³-hybridized carbons (Fsp3) is 0.308. The fourth-order valence-electron chi connectivity index (χ4n) is 1.46. The van der Waals surface area contributed by atoms with Crippen molar-refractivity contribution in [2.75, 3.05) is 5.32 Å². The number of thiazole rings is 1. The average Bonchev–Trinajstić information content (AvgIpc) is 2.76. The van der Waals surface area contributed by atoms with Gasteiger partial charge in [-0.2, -0.15) is 0 Å². The van der Waals surface area contributed by atoms with Gasteiger partial charge in [0, 0.05) is 11.6 Å². The van der Waals surface area contributed by atoms with Crippen LogP contribution in [-0.2, 0) is 4.74 Å². The molecule has 19 heavy (non-hydrogen) atoms. The number of hydrogen-bond donors (Lipinski definition) is 1. The van der Waals surface area contributed by atoms with Gasteiger partial charge in [-0.05, 0) is 38.5 Å². The van der Waals surface area contributed by atoms with Gasteiger partial charge in [0.25, 0.3) is 0 Å². The molecule has 0 bridgehead atoms. The summed E-state index contributed by atoms with van der Waals surface area (Å²) < 4.78 is 4.99. The highest BCUT2D eigenvalue weighted by Gasteiger charge is 2.10. The maximum absolute atomic E-state index is 11.4. The van der Waals surface area contributed by atoms with E-state index in [2.05, 4.69) is 15.3 Å². The first-order valence-electron chi connectivity index (χ1n) is 5.91. The van der Waals surface area contributed by atoms with Crippen molar-refractivity contribution in [2.24, 2.45) is 0 Å². The Morgan fingerprint density at radius 1 is 1.42 bits per heavy atom. The largest absolute Gasteiger partial charge is 0.447 e. The minimum atomic E-state index is -0.492. The van der Waals surface area contributed by atoms with E-state index < -0.39 is 6.09 Å². The molecular weight excluding hydrogens is 262 g/mol. The molecule has 0 unspecified atom stereocenters. The molecule has 2 aromatic heterocycles. The van der Waals surface area contributed by atoms with Gasteiger partial charge in [0.05, 0.1) is 11.8 Å². The summed E-state index contributed by atoms with van der Waals surface area (Å²) in [7, 11) is 0. The van der Waals surface area contributed by atoms with Gasteiger partial charge in [0.2, 0.25) is 0 Å². The zero-order valence-electron chi connectivity index (χ0n) is 11.0. The zero-order valence-corrected chi connectivity index (χ0v) is 11.8. The number of aryl methyl sites for hydroxylation is 1. The van der Waals surface area contributed by atoms with E-state index in [4.69, 9.17) is 4.74 Å². The Kier molecular flexibility index (Phi) is 4.11. The number of nitrogens with one attached hydrogen (secondary N) is 1. The highest BCUT2D eigenvalue weighted by molar-refractivity contribution is 7.14. The maximum Gasteiger partial charge on any atom is 0.413 e. The molecule has 0 aromatic carbocycles. The lowest BCUT2D eigenvalue weighted by Gasteiger charge is -2.06. The molecule has 2 heterocycles. The van der Waals surface area contributed by atoms with Gasteiger partial charge in [-0.15, -0.1) is 11.3 Å². The number of ether oxygens (including phenoxy) is 1. The summed E-state index contributed by atoms with van der Waals surface area (Å²) in [6.45, 7) is 5.59. The Hall–Kier alpha value is -1.95. The summed E-state index contributed by atoms with van der Waals surface area (Å²) >= 11 is 1.34. The smallest absolute Gasteiger partial charge is 0.413 e. The Morgan fingerprint density at radius 2 is 2.21 bits per heavy atom. The lowest BCUT2D eigenvalue weighted by Crippen LogP contribution is -2.17. The fourth-order valence-corrected chi connectivity index (χ4v) is 2.15. The third-order valence-corrected chi connectivity index (χ3v) is 2.99. The van der Waals surface area contributed by atoms with Crippen molar-refractivity contribution in [3.05, 3.63) is 29.3 Å².